The number of aliphatic imine (C=N–C) groups is 1. The van der Waals surface area contributed by atoms with Gasteiger partial charge in [-0.3, -0.25) is 4.99 Å². The number of nitrogens with one attached hydrogen (secondary N) is 2. The quantitative estimate of drug-likeness (QED) is 0.501. The van der Waals surface area contributed by atoms with Crippen molar-refractivity contribution in [1.29, 1.82) is 0 Å². The summed E-state index contributed by atoms with van der Waals surface area (Å²) < 4.78 is 6.01. The van der Waals surface area contributed by atoms with Crippen LogP contribution in [0.15, 0.2) is 59.6 Å². The van der Waals surface area contributed by atoms with Gasteiger partial charge in [-0.1, -0.05) is 54.6 Å². The Morgan fingerprint density at radius 2 is 1.63 bits per heavy atom. The molecule has 0 aliphatic rings. The predicted octanol–water partition coefficient (Wildman–Crippen LogP) is 4.21. The van der Waals surface area contributed by atoms with E-state index in [0.29, 0.717) is 13.2 Å². The van der Waals surface area contributed by atoms with Gasteiger partial charge in [-0.05, 0) is 36.8 Å². The molecule has 0 unspecified atom stereocenters. The second-order valence-corrected chi connectivity index (χ2v) is 8.55. The van der Waals surface area contributed by atoms with E-state index >= 15 is 0 Å². The third-order valence-electron chi connectivity index (χ3n) is 4.29. The Kier molecular flexibility index (Phi) is 8.69. The standard InChI is InChI=1S/C22H31N3OS/c1-22(2,27-4)17-25-21(23-3)24-14-19-11-8-12-20(13-19)16-26-15-18-9-6-5-7-10-18/h5-13H,14-17H2,1-4H3,(H2,23,24,25). The molecule has 2 aromatic rings. The highest BCUT2D eigenvalue weighted by molar-refractivity contribution is 7.99. The molecule has 0 atom stereocenters. The van der Waals surface area contributed by atoms with Gasteiger partial charge in [-0.15, -0.1) is 0 Å². The fraction of sp³-hybridized carbons (Fsp3) is 0.409. The molecule has 0 aliphatic carbocycles. The van der Waals surface area contributed by atoms with Crippen LogP contribution in [0.25, 0.3) is 0 Å². The molecule has 5 heteroatoms. The summed E-state index contributed by atoms with van der Waals surface area (Å²) in [5, 5.41) is 6.77. The Labute approximate surface area is 167 Å². The molecule has 4 nitrogen and oxygen atoms in total. The van der Waals surface area contributed by atoms with E-state index in [4.69, 9.17) is 4.74 Å². The zero-order valence-corrected chi connectivity index (χ0v) is 17.6. The Bertz CT molecular complexity index is 717. The summed E-state index contributed by atoms with van der Waals surface area (Å²) in [6.07, 6.45) is 2.13. The monoisotopic (exact) mass is 385 g/mol. The average molecular weight is 386 g/mol. The molecule has 0 saturated carbocycles. The molecule has 146 valence electrons. The van der Waals surface area contributed by atoms with E-state index in [-0.39, 0.29) is 4.75 Å². The molecule has 2 aromatic carbocycles. The summed E-state index contributed by atoms with van der Waals surface area (Å²) in [4.78, 5) is 4.31. The lowest BCUT2D eigenvalue weighted by Crippen LogP contribution is -2.42. The van der Waals surface area contributed by atoms with E-state index in [9.17, 15) is 0 Å². The normalized spacial score (nSPS) is 12.1. The van der Waals surface area contributed by atoms with Crippen LogP contribution < -0.4 is 10.6 Å². The molecule has 2 N–H and O–H groups in total. The van der Waals surface area contributed by atoms with Gasteiger partial charge in [0.2, 0.25) is 0 Å². The maximum Gasteiger partial charge on any atom is 0.191 e. The molecule has 0 fully saturated rings. The second-order valence-electron chi connectivity index (χ2n) is 7.04. The van der Waals surface area contributed by atoms with E-state index < -0.39 is 0 Å². The minimum Gasteiger partial charge on any atom is -0.372 e. The van der Waals surface area contributed by atoms with Crippen molar-refractivity contribution in [3.63, 3.8) is 0 Å². The summed E-state index contributed by atoms with van der Waals surface area (Å²) in [5.41, 5.74) is 3.58. The molecule has 2 rings (SSSR count). The molecule has 0 aromatic heterocycles. The van der Waals surface area contributed by atoms with Gasteiger partial charge in [-0.25, -0.2) is 0 Å². The Hall–Kier alpha value is -1.98. The summed E-state index contributed by atoms with van der Waals surface area (Å²) in [5.74, 6) is 0.822. The topological polar surface area (TPSA) is 45.7 Å². The first-order valence-electron chi connectivity index (χ1n) is 9.21. The van der Waals surface area contributed by atoms with Crippen molar-refractivity contribution in [1.82, 2.24) is 10.6 Å². The highest BCUT2D eigenvalue weighted by atomic mass is 32.2. The minimum atomic E-state index is 0.174. The van der Waals surface area contributed by atoms with E-state index in [2.05, 4.69) is 72.1 Å². The van der Waals surface area contributed by atoms with Crippen LogP contribution in [0, 0.1) is 0 Å². The van der Waals surface area contributed by atoms with Gasteiger partial charge in [0.15, 0.2) is 5.96 Å². The van der Waals surface area contributed by atoms with Crippen molar-refractivity contribution in [2.45, 2.75) is 38.4 Å². The van der Waals surface area contributed by atoms with Crippen LogP contribution in [0.2, 0.25) is 0 Å². The highest BCUT2D eigenvalue weighted by Crippen LogP contribution is 2.19. The average Bonchev–Trinajstić information content (AvgIpc) is 2.69. The van der Waals surface area contributed by atoms with Gasteiger partial charge in [0.05, 0.1) is 13.2 Å². The fourth-order valence-corrected chi connectivity index (χ4v) is 2.68. The van der Waals surface area contributed by atoms with Crippen LogP contribution >= 0.6 is 11.8 Å². The molecule has 0 aliphatic heterocycles. The summed E-state index contributed by atoms with van der Waals surface area (Å²) in [7, 11) is 1.80. The first kappa shape index (κ1) is 21.3. The molecule has 0 spiro atoms. The third-order valence-corrected chi connectivity index (χ3v) is 5.54. The van der Waals surface area contributed by atoms with Crippen molar-refractivity contribution in [3.05, 3.63) is 71.3 Å². The van der Waals surface area contributed by atoms with Gasteiger partial charge < -0.3 is 15.4 Å². The van der Waals surface area contributed by atoms with Gasteiger partial charge in [0, 0.05) is 24.9 Å². The predicted molar refractivity (Wildman–Crippen MR) is 117 cm³/mol. The van der Waals surface area contributed by atoms with Crippen molar-refractivity contribution >= 4 is 17.7 Å². The van der Waals surface area contributed by atoms with Crippen LogP contribution in [0.5, 0.6) is 0 Å². The minimum absolute atomic E-state index is 0.174. The maximum atomic E-state index is 5.84. The molecule has 0 amide bonds. The largest absolute Gasteiger partial charge is 0.372 e. The lowest BCUT2D eigenvalue weighted by molar-refractivity contribution is 0.107. The van der Waals surface area contributed by atoms with E-state index in [1.165, 1.54) is 16.7 Å². The maximum absolute atomic E-state index is 5.84. The number of hydrogen-bond donors (Lipinski definition) is 2. The summed E-state index contributed by atoms with van der Waals surface area (Å²) in [6, 6.07) is 18.7. The van der Waals surface area contributed by atoms with Gasteiger partial charge in [0.25, 0.3) is 0 Å². The number of nitrogens with zero attached hydrogens (tertiary/aromatic N) is 1. The zero-order valence-electron chi connectivity index (χ0n) is 16.8. The Balaban J connectivity index is 1.80. The van der Waals surface area contributed by atoms with Crippen molar-refractivity contribution in [3.8, 4) is 0 Å². The molecular weight excluding hydrogens is 354 g/mol. The van der Waals surface area contributed by atoms with Crippen LogP contribution in [0.3, 0.4) is 0 Å². The molecular formula is C22H31N3OS. The number of benzene rings is 2. The highest BCUT2D eigenvalue weighted by Gasteiger charge is 2.16. The van der Waals surface area contributed by atoms with Gasteiger partial charge in [0.1, 0.15) is 0 Å². The molecule has 27 heavy (non-hydrogen) atoms. The lowest BCUT2D eigenvalue weighted by atomic mass is 10.1. The lowest BCUT2D eigenvalue weighted by Gasteiger charge is -2.23. The number of ether oxygens (including phenoxy) is 1. The van der Waals surface area contributed by atoms with E-state index in [0.717, 1.165) is 19.0 Å². The van der Waals surface area contributed by atoms with Gasteiger partial charge >= 0.3 is 0 Å². The first-order chi connectivity index (χ1) is 13.0. The number of hydrogen-bond acceptors (Lipinski definition) is 3. The number of guanidine groups is 1. The first-order valence-corrected chi connectivity index (χ1v) is 10.4. The van der Waals surface area contributed by atoms with Crippen molar-refractivity contribution in [2.24, 2.45) is 4.99 Å². The Morgan fingerprint density at radius 3 is 2.33 bits per heavy atom. The molecule has 0 saturated heterocycles. The van der Waals surface area contributed by atoms with Crippen LogP contribution in [0.4, 0.5) is 0 Å². The SMILES string of the molecule is CN=C(NCc1cccc(COCc2ccccc2)c1)NCC(C)(C)SC. The summed E-state index contributed by atoms with van der Waals surface area (Å²) in [6.45, 7) is 7.27. The zero-order chi connectivity index (χ0) is 19.5. The second kappa shape index (κ2) is 11.0. The van der Waals surface area contributed by atoms with Crippen molar-refractivity contribution < 1.29 is 4.74 Å². The molecule has 0 radical (unpaired) electrons. The van der Waals surface area contributed by atoms with Gasteiger partial charge in [-0.2, -0.15) is 11.8 Å². The number of rotatable bonds is 9. The van der Waals surface area contributed by atoms with Crippen LogP contribution in [-0.2, 0) is 24.5 Å². The fourth-order valence-electron chi connectivity index (χ4n) is 2.47. The molecule has 0 heterocycles. The molecule has 0 bridgehead atoms. The third kappa shape index (κ3) is 8.06. The smallest absolute Gasteiger partial charge is 0.191 e. The Morgan fingerprint density at radius 1 is 0.963 bits per heavy atom. The van der Waals surface area contributed by atoms with Crippen molar-refractivity contribution in [2.75, 3.05) is 19.8 Å². The van der Waals surface area contributed by atoms with E-state index in [1.54, 1.807) is 7.05 Å². The van der Waals surface area contributed by atoms with Crippen LogP contribution in [-0.4, -0.2) is 30.6 Å². The van der Waals surface area contributed by atoms with Crippen LogP contribution in [0.1, 0.15) is 30.5 Å². The summed E-state index contributed by atoms with van der Waals surface area (Å²) >= 11 is 1.84. The van der Waals surface area contributed by atoms with E-state index in [1.807, 2.05) is 30.0 Å². The number of thioether (sulfide) groups is 1.